The number of hydrogen-bond donors (Lipinski definition) is 4. The van der Waals surface area contributed by atoms with E-state index < -0.39 is 30.7 Å². The summed E-state index contributed by atoms with van der Waals surface area (Å²) in [4.78, 5) is 0. The number of unbranched alkanes of at least 4 members (excludes halogenated alkanes) is 9. The molecule has 1 fully saturated rings. The molecule has 1 aliphatic heterocycles. The summed E-state index contributed by atoms with van der Waals surface area (Å²) in [6.07, 6.45) is 6.09. The Morgan fingerprint density at radius 2 is 1.25 bits per heavy atom. The Morgan fingerprint density at radius 3 is 1.83 bits per heavy atom. The van der Waals surface area contributed by atoms with Gasteiger partial charge in [0.2, 0.25) is 0 Å². The van der Waals surface area contributed by atoms with Gasteiger partial charge in [-0.05, 0) is 6.42 Å². The van der Waals surface area contributed by atoms with Crippen LogP contribution in [0, 0.1) is 0 Å². The maximum absolute atomic E-state index is 9.78. The number of aliphatic hydroxyl groups is 4. The van der Waals surface area contributed by atoms with Gasteiger partial charge >= 0.3 is 0 Å². The van der Waals surface area contributed by atoms with E-state index in [1.54, 1.807) is 0 Å². The van der Waals surface area contributed by atoms with Gasteiger partial charge in [-0.1, -0.05) is 64.7 Å². The molecule has 0 bridgehead atoms. The molecule has 0 amide bonds. The Balaban J connectivity index is 1.93. The smallest absolute Gasteiger partial charge is 0.184 e. The molecule has 4 N–H and O–H groups in total. The molecule has 0 aromatic carbocycles. The van der Waals surface area contributed by atoms with Gasteiger partial charge in [0, 0.05) is 6.61 Å². The topological polar surface area (TPSA) is 99.4 Å². The Hall–Kier alpha value is -0.240. The van der Waals surface area contributed by atoms with Crippen LogP contribution in [0.5, 0.6) is 0 Å². The normalized spacial score (nSPS) is 30.6. The molecule has 0 radical (unpaired) electrons. The van der Waals surface area contributed by atoms with Crippen molar-refractivity contribution in [2.75, 3.05) is 13.2 Å². The van der Waals surface area contributed by atoms with Crippen LogP contribution in [0.4, 0.5) is 0 Å². The zero-order valence-corrected chi connectivity index (χ0v) is 15.0. The first-order chi connectivity index (χ1) is 11.6. The van der Waals surface area contributed by atoms with Gasteiger partial charge in [0.15, 0.2) is 6.29 Å². The molecule has 1 saturated heterocycles. The van der Waals surface area contributed by atoms with Crippen molar-refractivity contribution in [2.45, 2.75) is 102 Å². The highest BCUT2D eigenvalue weighted by Gasteiger charge is 2.42. The van der Waals surface area contributed by atoms with E-state index in [4.69, 9.17) is 9.47 Å². The van der Waals surface area contributed by atoms with Gasteiger partial charge in [0.1, 0.15) is 24.4 Å². The summed E-state index contributed by atoms with van der Waals surface area (Å²) in [5.41, 5.74) is 0. The molecule has 24 heavy (non-hydrogen) atoms. The van der Waals surface area contributed by atoms with Gasteiger partial charge in [-0.2, -0.15) is 0 Å². The molecule has 6 heteroatoms. The lowest BCUT2D eigenvalue weighted by Crippen LogP contribution is -2.58. The monoisotopic (exact) mass is 348 g/mol. The third-order valence-corrected chi connectivity index (χ3v) is 4.61. The average Bonchev–Trinajstić information content (AvgIpc) is 2.58. The third kappa shape index (κ3) is 8.23. The fraction of sp³-hybridized carbons (Fsp3) is 1.00. The molecule has 0 aromatic rings. The van der Waals surface area contributed by atoms with E-state index in [9.17, 15) is 20.4 Å². The molecule has 1 aliphatic rings. The fourth-order valence-electron chi connectivity index (χ4n) is 2.96. The second-order valence-electron chi connectivity index (χ2n) is 6.79. The highest BCUT2D eigenvalue weighted by molar-refractivity contribution is 4.88. The Kier molecular flexibility index (Phi) is 11.8. The lowest BCUT2D eigenvalue weighted by molar-refractivity contribution is -0.288. The van der Waals surface area contributed by atoms with Crippen molar-refractivity contribution in [3.05, 3.63) is 0 Å². The van der Waals surface area contributed by atoms with E-state index in [2.05, 4.69) is 6.92 Å². The Labute approximate surface area is 145 Å². The first-order valence-electron chi connectivity index (χ1n) is 9.53. The second kappa shape index (κ2) is 13.0. The highest BCUT2D eigenvalue weighted by atomic mass is 16.6. The number of aliphatic hydroxyl groups excluding tert-OH is 4. The molecule has 0 aromatic heterocycles. The van der Waals surface area contributed by atoms with E-state index in [0.29, 0.717) is 6.61 Å². The van der Waals surface area contributed by atoms with Crippen molar-refractivity contribution >= 4 is 0 Å². The van der Waals surface area contributed by atoms with Crippen LogP contribution in [0.1, 0.15) is 71.1 Å². The van der Waals surface area contributed by atoms with Crippen molar-refractivity contribution in [3.8, 4) is 0 Å². The molecule has 5 atom stereocenters. The molecule has 1 rings (SSSR count). The van der Waals surface area contributed by atoms with Crippen molar-refractivity contribution in [1.29, 1.82) is 0 Å². The minimum Gasteiger partial charge on any atom is -0.387 e. The van der Waals surface area contributed by atoms with Gasteiger partial charge in [-0.25, -0.2) is 0 Å². The van der Waals surface area contributed by atoms with Crippen LogP contribution in [-0.2, 0) is 9.47 Å². The first kappa shape index (κ1) is 21.8. The summed E-state index contributed by atoms with van der Waals surface area (Å²) in [6.45, 7) is 2.90. The van der Waals surface area contributed by atoms with Gasteiger partial charge in [-0.15, -0.1) is 0 Å². The molecule has 6 nitrogen and oxygen atoms in total. The predicted molar refractivity (Wildman–Crippen MR) is 91.6 cm³/mol. The summed E-state index contributed by atoms with van der Waals surface area (Å²) in [5, 5.41) is 38.2. The van der Waals surface area contributed by atoms with Gasteiger partial charge in [0.05, 0.1) is 6.61 Å². The van der Waals surface area contributed by atoms with E-state index in [-0.39, 0.29) is 6.61 Å². The van der Waals surface area contributed by atoms with E-state index >= 15 is 0 Å². The molecule has 0 unspecified atom stereocenters. The van der Waals surface area contributed by atoms with E-state index in [0.717, 1.165) is 12.8 Å². The molecule has 0 aliphatic carbocycles. The molecule has 0 saturated carbocycles. The van der Waals surface area contributed by atoms with Crippen molar-refractivity contribution in [1.82, 2.24) is 0 Å². The SMILES string of the molecule is CCCCCCCCCCCCOC[C@H]1O[C@H](O)[C@H](O)[C@@H](O)[C@@H]1O. The van der Waals surface area contributed by atoms with Crippen molar-refractivity contribution < 1.29 is 29.9 Å². The number of hydrogen-bond acceptors (Lipinski definition) is 6. The third-order valence-electron chi connectivity index (χ3n) is 4.61. The van der Waals surface area contributed by atoms with Crippen molar-refractivity contribution in [3.63, 3.8) is 0 Å². The van der Waals surface area contributed by atoms with Crippen molar-refractivity contribution in [2.24, 2.45) is 0 Å². The van der Waals surface area contributed by atoms with E-state index in [1.165, 1.54) is 51.4 Å². The Bertz CT molecular complexity index is 301. The van der Waals surface area contributed by atoms with Crippen LogP contribution >= 0.6 is 0 Å². The quantitative estimate of drug-likeness (QED) is 0.378. The maximum atomic E-state index is 9.78. The summed E-state index contributed by atoms with van der Waals surface area (Å²) < 4.78 is 10.5. The zero-order chi connectivity index (χ0) is 17.8. The first-order valence-corrected chi connectivity index (χ1v) is 9.53. The van der Waals surface area contributed by atoms with Crippen LogP contribution in [0.15, 0.2) is 0 Å². The van der Waals surface area contributed by atoms with Crippen LogP contribution in [0.3, 0.4) is 0 Å². The maximum Gasteiger partial charge on any atom is 0.184 e. The minimum atomic E-state index is -1.49. The van der Waals surface area contributed by atoms with Gasteiger partial charge in [0.25, 0.3) is 0 Å². The lowest BCUT2D eigenvalue weighted by atomic mass is 9.99. The number of ether oxygens (including phenoxy) is 2. The summed E-state index contributed by atoms with van der Waals surface area (Å²) >= 11 is 0. The fourth-order valence-corrected chi connectivity index (χ4v) is 2.96. The van der Waals surface area contributed by atoms with E-state index in [1.807, 2.05) is 0 Å². The standard InChI is InChI=1S/C18H36O6/c1-2-3-4-5-6-7-8-9-10-11-12-23-13-14-15(19)16(20)17(21)18(22)24-14/h14-22H,2-13H2,1H3/t14-,15-,16+,17-,18+/m1/s1. The Morgan fingerprint density at radius 1 is 0.708 bits per heavy atom. The average molecular weight is 348 g/mol. The van der Waals surface area contributed by atoms with Gasteiger partial charge in [-0.3, -0.25) is 0 Å². The predicted octanol–water partition coefficient (Wildman–Crippen LogP) is 1.72. The molecule has 0 spiro atoms. The summed E-state index contributed by atoms with van der Waals surface area (Å²) in [5.74, 6) is 0. The highest BCUT2D eigenvalue weighted by Crippen LogP contribution is 2.20. The number of rotatable bonds is 13. The second-order valence-corrected chi connectivity index (χ2v) is 6.79. The van der Waals surface area contributed by atoms with Crippen LogP contribution in [0.2, 0.25) is 0 Å². The minimum absolute atomic E-state index is 0.0967. The zero-order valence-electron chi connectivity index (χ0n) is 15.0. The van der Waals surface area contributed by atoms with Gasteiger partial charge < -0.3 is 29.9 Å². The lowest BCUT2D eigenvalue weighted by Gasteiger charge is -2.38. The summed E-state index contributed by atoms with van der Waals surface area (Å²) in [7, 11) is 0. The van der Waals surface area contributed by atoms with Crippen LogP contribution < -0.4 is 0 Å². The van der Waals surface area contributed by atoms with Crippen LogP contribution in [0.25, 0.3) is 0 Å². The molecule has 144 valence electrons. The molecule has 1 heterocycles. The summed E-state index contributed by atoms with van der Waals surface area (Å²) in [6, 6.07) is 0. The van der Waals surface area contributed by atoms with Crippen LogP contribution in [-0.4, -0.2) is 64.3 Å². The molecular weight excluding hydrogens is 312 g/mol. The molecular formula is C18H36O6. The largest absolute Gasteiger partial charge is 0.387 e.